The van der Waals surface area contributed by atoms with Crippen molar-refractivity contribution in [2.75, 3.05) is 0 Å². The third kappa shape index (κ3) is 2.76. The summed E-state index contributed by atoms with van der Waals surface area (Å²) >= 11 is 0. The van der Waals surface area contributed by atoms with E-state index in [2.05, 4.69) is 28.8 Å². The summed E-state index contributed by atoms with van der Waals surface area (Å²) in [5.41, 5.74) is 6.62. The van der Waals surface area contributed by atoms with Crippen LogP contribution in [0.25, 0.3) is 55.1 Å². The lowest BCUT2D eigenvalue weighted by atomic mass is 9.95. The summed E-state index contributed by atoms with van der Waals surface area (Å²) in [7, 11) is 2.01. The summed E-state index contributed by atoms with van der Waals surface area (Å²) in [6, 6.07) is 28.4. The van der Waals surface area contributed by atoms with Gasteiger partial charge < -0.3 is 4.42 Å². The molecule has 0 bridgehead atoms. The Kier molecular flexibility index (Phi) is 3.49. The van der Waals surface area contributed by atoms with Crippen molar-refractivity contribution in [1.82, 2.24) is 0 Å². The molecule has 2 heteroatoms. The molecule has 0 saturated heterocycles. The second-order valence-corrected chi connectivity index (χ2v) is 8.36. The van der Waals surface area contributed by atoms with Gasteiger partial charge in [0.2, 0.25) is 5.69 Å². The van der Waals surface area contributed by atoms with Crippen LogP contribution in [0.2, 0.25) is 0 Å². The molecule has 2 aromatic heterocycles. The van der Waals surface area contributed by atoms with Crippen LogP contribution in [0.1, 0.15) is 15.2 Å². The highest BCUT2D eigenvalue weighted by Crippen LogP contribution is 2.41. The number of fused-ring (bicyclic) bond motifs is 5. The Balaban J connectivity index is 1.75. The van der Waals surface area contributed by atoms with E-state index in [0.717, 1.165) is 49.7 Å². The van der Waals surface area contributed by atoms with Gasteiger partial charge in [0, 0.05) is 32.4 Å². The first-order chi connectivity index (χ1) is 16.8. The Labute approximate surface area is 191 Å². The van der Waals surface area contributed by atoms with E-state index in [1.807, 2.05) is 80.8 Å². The van der Waals surface area contributed by atoms with Crippen molar-refractivity contribution in [3.8, 4) is 22.4 Å². The van der Waals surface area contributed by atoms with Crippen molar-refractivity contribution in [1.29, 1.82) is 0 Å². The quantitative estimate of drug-likeness (QED) is 0.266. The number of hydrogen-bond donors (Lipinski definition) is 0. The van der Waals surface area contributed by atoms with E-state index in [1.165, 1.54) is 0 Å². The molecular formula is C30H24NO+. The zero-order valence-corrected chi connectivity index (χ0v) is 18.0. The number of rotatable bonds is 2. The Morgan fingerprint density at radius 3 is 2.41 bits per heavy atom. The van der Waals surface area contributed by atoms with Crippen LogP contribution in [0.4, 0.5) is 0 Å². The summed E-state index contributed by atoms with van der Waals surface area (Å²) in [4.78, 5) is 0. The van der Waals surface area contributed by atoms with Crippen LogP contribution in [-0.2, 0) is 7.05 Å². The molecule has 4 aromatic carbocycles. The molecule has 0 aliphatic rings. The number of benzene rings is 4. The molecule has 0 atom stereocenters. The minimum absolute atomic E-state index is 0.324. The second-order valence-electron chi connectivity index (χ2n) is 8.36. The lowest BCUT2D eigenvalue weighted by molar-refractivity contribution is -0.660. The van der Waals surface area contributed by atoms with Crippen molar-refractivity contribution in [2.24, 2.45) is 7.05 Å². The highest BCUT2D eigenvalue weighted by atomic mass is 16.3. The Morgan fingerprint density at radius 2 is 1.56 bits per heavy atom. The van der Waals surface area contributed by atoms with E-state index >= 15 is 0 Å². The molecule has 32 heavy (non-hydrogen) atoms. The van der Waals surface area contributed by atoms with Gasteiger partial charge in [0.15, 0.2) is 6.20 Å². The Hall–Kier alpha value is -3.91. The SMILES string of the molecule is [2H]C([2H])([2H])c1cc(C)c(-c2cc(-c3ccccc3)cc[n+]2C)c2oc3c4ccccc4ccc3c12. The first kappa shape index (κ1) is 15.8. The van der Waals surface area contributed by atoms with Gasteiger partial charge in [0.1, 0.15) is 18.2 Å². The summed E-state index contributed by atoms with van der Waals surface area (Å²) in [6.07, 6.45) is 2.04. The van der Waals surface area contributed by atoms with Crippen LogP contribution < -0.4 is 4.57 Å². The number of nitrogens with zero attached hydrogens (tertiary/aromatic N) is 1. The predicted molar refractivity (Wildman–Crippen MR) is 133 cm³/mol. The monoisotopic (exact) mass is 417 g/mol. The second kappa shape index (κ2) is 7.06. The van der Waals surface area contributed by atoms with Crippen LogP contribution in [0.5, 0.6) is 0 Å². The average molecular weight is 418 g/mol. The standard InChI is InChI=1S/C30H24NO/c1-19-17-20(2)28(26-18-23(15-16-31(26)3)21-9-5-4-6-10-21)30-27(19)25-14-13-22-11-7-8-12-24(22)29(25)32-30/h4-18H,1-3H3/q+1/i1D3. The van der Waals surface area contributed by atoms with E-state index in [4.69, 9.17) is 8.53 Å². The van der Waals surface area contributed by atoms with Crippen LogP contribution >= 0.6 is 0 Å². The van der Waals surface area contributed by atoms with Crippen molar-refractivity contribution in [3.63, 3.8) is 0 Å². The topological polar surface area (TPSA) is 17.0 Å². The maximum absolute atomic E-state index is 8.28. The van der Waals surface area contributed by atoms with Gasteiger partial charge in [0.25, 0.3) is 0 Å². The Morgan fingerprint density at radius 1 is 0.750 bits per heavy atom. The normalized spacial score (nSPS) is 13.4. The van der Waals surface area contributed by atoms with Gasteiger partial charge in [-0.05, 0) is 47.5 Å². The fourth-order valence-electron chi connectivity index (χ4n) is 4.76. The zero-order chi connectivity index (χ0) is 24.3. The number of furan rings is 1. The van der Waals surface area contributed by atoms with Crippen LogP contribution in [0.15, 0.2) is 95.5 Å². The molecular weight excluding hydrogens is 390 g/mol. The van der Waals surface area contributed by atoms with Gasteiger partial charge in [-0.3, -0.25) is 0 Å². The number of aryl methyl sites for hydroxylation is 3. The van der Waals surface area contributed by atoms with Gasteiger partial charge in [0.05, 0.1) is 5.56 Å². The molecule has 6 rings (SSSR count). The minimum atomic E-state index is -2.27. The van der Waals surface area contributed by atoms with E-state index in [9.17, 15) is 0 Å². The van der Waals surface area contributed by atoms with E-state index < -0.39 is 6.85 Å². The van der Waals surface area contributed by atoms with E-state index in [0.29, 0.717) is 16.5 Å². The molecule has 0 aliphatic heterocycles. The molecule has 2 nitrogen and oxygen atoms in total. The predicted octanol–water partition coefficient (Wildman–Crippen LogP) is 7.51. The molecule has 0 N–H and O–H groups in total. The van der Waals surface area contributed by atoms with Gasteiger partial charge in [-0.1, -0.05) is 66.7 Å². The van der Waals surface area contributed by atoms with Crippen molar-refractivity contribution in [2.45, 2.75) is 13.8 Å². The molecule has 0 amide bonds. The lowest BCUT2D eigenvalue weighted by Gasteiger charge is -2.09. The van der Waals surface area contributed by atoms with Crippen molar-refractivity contribution < 1.29 is 13.1 Å². The fraction of sp³-hybridized carbons (Fsp3) is 0.100. The molecule has 154 valence electrons. The molecule has 0 fully saturated rings. The Bertz CT molecular complexity index is 1750. The summed E-state index contributed by atoms with van der Waals surface area (Å²) in [6.45, 7) is -0.303. The fourth-order valence-corrected chi connectivity index (χ4v) is 4.76. The minimum Gasteiger partial charge on any atom is -0.454 e. The largest absolute Gasteiger partial charge is 0.454 e. The molecule has 2 heterocycles. The smallest absolute Gasteiger partial charge is 0.216 e. The maximum atomic E-state index is 8.28. The molecule has 0 unspecified atom stereocenters. The molecule has 0 aliphatic carbocycles. The maximum Gasteiger partial charge on any atom is 0.216 e. The molecule has 6 aromatic rings. The van der Waals surface area contributed by atoms with Crippen LogP contribution in [0.3, 0.4) is 0 Å². The number of hydrogen-bond acceptors (Lipinski definition) is 1. The van der Waals surface area contributed by atoms with Crippen LogP contribution in [-0.4, -0.2) is 0 Å². The zero-order valence-electron chi connectivity index (χ0n) is 21.0. The van der Waals surface area contributed by atoms with E-state index in [1.54, 1.807) is 0 Å². The first-order valence-electron chi connectivity index (χ1n) is 12.3. The summed E-state index contributed by atoms with van der Waals surface area (Å²) < 4.78 is 33.5. The summed E-state index contributed by atoms with van der Waals surface area (Å²) in [5, 5.41) is 3.53. The van der Waals surface area contributed by atoms with Crippen LogP contribution in [0, 0.1) is 13.8 Å². The summed E-state index contributed by atoms with van der Waals surface area (Å²) in [5.74, 6) is 0. The third-order valence-corrected chi connectivity index (χ3v) is 6.34. The number of aromatic nitrogens is 1. The molecule has 0 spiro atoms. The van der Waals surface area contributed by atoms with Gasteiger partial charge >= 0.3 is 0 Å². The first-order valence-corrected chi connectivity index (χ1v) is 10.8. The lowest BCUT2D eigenvalue weighted by Crippen LogP contribution is -2.30. The van der Waals surface area contributed by atoms with E-state index in [-0.39, 0.29) is 0 Å². The highest BCUT2D eigenvalue weighted by Gasteiger charge is 2.23. The average Bonchev–Trinajstić information content (AvgIpc) is 3.24. The molecule has 0 radical (unpaired) electrons. The van der Waals surface area contributed by atoms with Crippen molar-refractivity contribution >= 4 is 32.7 Å². The van der Waals surface area contributed by atoms with Crippen molar-refractivity contribution in [3.05, 3.63) is 102 Å². The highest BCUT2D eigenvalue weighted by molar-refractivity contribution is 6.18. The van der Waals surface area contributed by atoms with Gasteiger partial charge in [-0.15, -0.1) is 0 Å². The van der Waals surface area contributed by atoms with Gasteiger partial charge in [-0.2, -0.15) is 0 Å². The molecule has 0 saturated carbocycles. The third-order valence-electron chi connectivity index (χ3n) is 6.34. The number of pyridine rings is 1. The van der Waals surface area contributed by atoms with Gasteiger partial charge in [-0.25, -0.2) is 4.57 Å².